The first-order valence-electron chi connectivity index (χ1n) is 6.54. The van der Waals surface area contributed by atoms with Crippen molar-refractivity contribution in [3.8, 4) is 0 Å². The zero-order chi connectivity index (χ0) is 14.7. The van der Waals surface area contributed by atoms with Gasteiger partial charge >= 0.3 is 5.97 Å². The van der Waals surface area contributed by atoms with Gasteiger partial charge in [-0.3, -0.25) is 9.59 Å². The molecule has 0 bridgehead atoms. The summed E-state index contributed by atoms with van der Waals surface area (Å²) in [4.78, 5) is 22.7. The normalized spacial score (nSPS) is 14.7. The Morgan fingerprint density at radius 2 is 2.30 bits per heavy atom. The van der Waals surface area contributed by atoms with Crippen molar-refractivity contribution in [3.05, 3.63) is 28.3 Å². The van der Waals surface area contributed by atoms with Gasteiger partial charge in [-0.15, -0.1) is 0 Å². The first-order chi connectivity index (χ1) is 9.51. The lowest BCUT2D eigenvalue weighted by Crippen LogP contribution is -2.14. The number of amides is 1. The van der Waals surface area contributed by atoms with Crippen molar-refractivity contribution in [1.82, 2.24) is 0 Å². The van der Waals surface area contributed by atoms with Crippen LogP contribution in [0.2, 0.25) is 5.02 Å². The summed E-state index contributed by atoms with van der Waals surface area (Å²) < 4.78 is 4.86. The van der Waals surface area contributed by atoms with Crippen molar-refractivity contribution in [1.29, 1.82) is 0 Å². The monoisotopic (exact) mass is 296 g/mol. The minimum Gasteiger partial charge on any atom is -0.466 e. The molecule has 20 heavy (non-hydrogen) atoms. The zero-order valence-corrected chi connectivity index (χ0v) is 12.0. The van der Waals surface area contributed by atoms with Crippen molar-refractivity contribution in [2.75, 3.05) is 11.9 Å². The summed E-state index contributed by atoms with van der Waals surface area (Å²) in [5, 5.41) is 3.24. The molecular weight excluding hydrogens is 280 g/mol. The largest absolute Gasteiger partial charge is 0.466 e. The maximum absolute atomic E-state index is 11.3. The number of nitrogens with two attached hydrogens (primary N) is 1. The summed E-state index contributed by atoms with van der Waals surface area (Å²) in [6, 6.07) is 3.19. The van der Waals surface area contributed by atoms with E-state index >= 15 is 0 Å². The van der Waals surface area contributed by atoms with Crippen molar-refractivity contribution in [3.63, 3.8) is 0 Å². The summed E-state index contributed by atoms with van der Waals surface area (Å²) in [5.74, 6) is -0.314. The van der Waals surface area contributed by atoms with Crippen molar-refractivity contribution in [2.45, 2.75) is 32.2 Å². The van der Waals surface area contributed by atoms with Crippen LogP contribution in [0.1, 0.15) is 36.9 Å². The van der Waals surface area contributed by atoms with Gasteiger partial charge in [0.1, 0.15) is 0 Å². The van der Waals surface area contributed by atoms with Gasteiger partial charge in [0.05, 0.1) is 13.0 Å². The van der Waals surface area contributed by atoms with Gasteiger partial charge in [-0.25, -0.2) is 0 Å². The number of fused-ring (bicyclic) bond motifs is 1. The first-order valence-corrected chi connectivity index (χ1v) is 6.92. The maximum Gasteiger partial charge on any atom is 0.305 e. The molecule has 1 aliphatic heterocycles. The molecule has 1 unspecified atom stereocenters. The Kier molecular flexibility index (Phi) is 4.62. The average Bonchev–Trinajstić information content (AvgIpc) is 2.74. The van der Waals surface area contributed by atoms with E-state index in [1.54, 1.807) is 13.0 Å². The maximum atomic E-state index is 11.3. The van der Waals surface area contributed by atoms with Crippen LogP contribution in [-0.4, -0.2) is 18.5 Å². The lowest BCUT2D eigenvalue weighted by atomic mass is 9.99. The van der Waals surface area contributed by atoms with E-state index in [2.05, 4.69) is 5.32 Å². The highest BCUT2D eigenvalue weighted by molar-refractivity contribution is 6.32. The smallest absolute Gasteiger partial charge is 0.305 e. The molecule has 1 amide bonds. The van der Waals surface area contributed by atoms with Crippen LogP contribution in [0.15, 0.2) is 12.1 Å². The van der Waals surface area contributed by atoms with Crippen molar-refractivity contribution >= 4 is 29.2 Å². The summed E-state index contributed by atoms with van der Waals surface area (Å²) in [5.41, 5.74) is 8.45. The number of rotatable bonds is 5. The fourth-order valence-electron chi connectivity index (χ4n) is 2.21. The van der Waals surface area contributed by atoms with Gasteiger partial charge in [0.2, 0.25) is 5.91 Å². The van der Waals surface area contributed by atoms with E-state index in [-0.39, 0.29) is 24.3 Å². The van der Waals surface area contributed by atoms with Gasteiger partial charge in [-0.05, 0) is 30.5 Å². The topological polar surface area (TPSA) is 81.4 Å². The molecule has 0 radical (unpaired) electrons. The summed E-state index contributed by atoms with van der Waals surface area (Å²) in [7, 11) is 0. The SMILES string of the molecule is CCOC(=O)CCC(N)c1cc2c(cc1Cl)NC(=O)C2. The van der Waals surface area contributed by atoms with E-state index in [9.17, 15) is 9.59 Å². The first kappa shape index (κ1) is 14.8. The van der Waals surface area contributed by atoms with Gasteiger partial charge in [0.25, 0.3) is 0 Å². The number of ether oxygens (including phenoxy) is 1. The molecule has 108 valence electrons. The van der Waals surface area contributed by atoms with Crippen LogP contribution in [-0.2, 0) is 20.7 Å². The van der Waals surface area contributed by atoms with E-state index < -0.39 is 0 Å². The van der Waals surface area contributed by atoms with Gasteiger partial charge in [-0.1, -0.05) is 17.7 Å². The fourth-order valence-corrected chi connectivity index (χ4v) is 2.52. The Bertz CT molecular complexity index is 545. The number of hydrogen-bond acceptors (Lipinski definition) is 4. The Morgan fingerprint density at radius 1 is 1.55 bits per heavy atom. The zero-order valence-electron chi connectivity index (χ0n) is 11.2. The molecule has 0 fully saturated rings. The van der Waals surface area contributed by atoms with E-state index in [4.69, 9.17) is 22.1 Å². The third-order valence-corrected chi connectivity index (χ3v) is 3.54. The highest BCUT2D eigenvalue weighted by atomic mass is 35.5. The van der Waals surface area contributed by atoms with Crippen LogP contribution in [0.5, 0.6) is 0 Å². The number of hydrogen-bond donors (Lipinski definition) is 2. The Labute approximate surface area is 122 Å². The van der Waals surface area contributed by atoms with Crippen LogP contribution in [0.3, 0.4) is 0 Å². The minimum absolute atomic E-state index is 0.0479. The summed E-state index contributed by atoms with van der Waals surface area (Å²) in [6.07, 6.45) is 1.04. The summed E-state index contributed by atoms with van der Waals surface area (Å²) >= 11 is 6.18. The molecule has 3 N–H and O–H groups in total. The molecule has 1 aromatic carbocycles. The van der Waals surface area contributed by atoms with E-state index in [0.717, 1.165) is 16.8 Å². The van der Waals surface area contributed by atoms with Crippen LogP contribution in [0, 0.1) is 0 Å². The second-order valence-corrected chi connectivity index (χ2v) is 5.11. The van der Waals surface area contributed by atoms with E-state index in [1.807, 2.05) is 6.07 Å². The lowest BCUT2D eigenvalue weighted by molar-refractivity contribution is -0.143. The van der Waals surface area contributed by atoms with Crippen LogP contribution in [0.25, 0.3) is 0 Å². The molecule has 1 heterocycles. The molecule has 5 nitrogen and oxygen atoms in total. The highest BCUT2D eigenvalue weighted by Gasteiger charge is 2.21. The number of nitrogens with one attached hydrogen (secondary N) is 1. The molecule has 0 aliphatic carbocycles. The highest BCUT2D eigenvalue weighted by Crippen LogP contribution is 2.33. The third kappa shape index (κ3) is 3.29. The fraction of sp³-hybridized carbons (Fsp3) is 0.429. The van der Waals surface area contributed by atoms with Gasteiger partial charge < -0.3 is 15.8 Å². The van der Waals surface area contributed by atoms with E-state index in [0.29, 0.717) is 24.5 Å². The van der Waals surface area contributed by atoms with E-state index in [1.165, 1.54) is 0 Å². The number of esters is 1. The Morgan fingerprint density at radius 3 is 3.00 bits per heavy atom. The van der Waals surface area contributed by atoms with Crippen LogP contribution in [0.4, 0.5) is 5.69 Å². The van der Waals surface area contributed by atoms with Crippen molar-refractivity contribution in [2.24, 2.45) is 5.73 Å². The molecule has 2 rings (SSSR count). The number of carbonyl (C=O) groups is 2. The van der Waals surface area contributed by atoms with Gasteiger partial charge in [-0.2, -0.15) is 0 Å². The Hall–Kier alpha value is -1.59. The predicted octanol–water partition coefficient (Wildman–Crippen LogP) is 2.18. The molecule has 0 saturated carbocycles. The minimum atomic E-state index is -0.354. The number of halogens is 1. The molecule has 0 spiro atoms. The molecule has 1 atom stereocenters. The molecular formula is C14H17ClN2O3. The van der Waals surface area contributed by atoms with Gasteiger partial charge in [0.15, 0.2) is 0 Å². The van der Waals surface area contributed by atoms with Crippen LogP contribution >= 0.6 is 11.6 Å². The quantitative estimate of drug-likeness (QED) is 0.816. The summed E-state index contributed by atoms with van der Waals surface area (Å²) in [6.45, 7) is 2.13. The molecule has 1 aromatic rings. The molecule has 6 heteroatoms. The standard InChI is InChI=1S/C14H17ClN2O3/c1-2-20-14(19)4-3-11(16)9-5-8-6-13(18)17-12(8)7-10(9)15/h5,7,11H,2-4,6,16H2,1H3,(H,17,18). The van der Waals surface area contributed by atoms with Gasteiger partial charge in [0, 0.05) is 23.2 Å². The number of benzene rings is 1. The average molecular weight is 297 g/mol. The third-order valence-electron chi connectivity index (χ3n) is 3.21. The molecule has 0 aromatic heterocycles. The second-order valence-electron chi connectivity index (χ2n) is 4.71. The Balaban J connectivity index is 2.07. The van der Waals surface area contributed by atoms with Crippen LogP contribution < -0.4 is 11.1 Å². The predicted molar refractivity (Wildman–Crippen MR) is 76.6 cm³/mol. The lowest BCUT2D eigenvalue weighted by Gasteiger charge is -2.15. The molecule has 1 aliphatic rings. The number of anilines is 1. The van der Waals surface area contributed by atoms with Crippen molar-refractivity contribution < 1.29 is 14.3 Å². The molecule has 0 saturated heterocycles. The number of carbonyl (C=O) groups excluding carboxylic acids is 2. The second kappa shape index (κ2) is 6.24.